The first-order chi connectivity index (χ1) is 13.3. The van der Waals surface area contributed by atoms with Crippen LogP contribution in [-0.4, -0.2) is 31.3 Å². The van der Waals surface area contributed by atoms with Crippen LogP contribution in [0.3, 0.4) is 0 Å². The smallest absolute Gasteiger partial charge is 0.277 e. The Morgan fingerprint density at radius 3 is 2.79 bits per heavy atom. The first kappa shape index (κ1) is 20.0. The van der Waals surface area contributed by atoms with Gasteiger partial charge < -0.3 is 9.64 Å². The van der Waals surface area contributed by atoms with E-state index < -0.39 is 0 Å². The van der Waals surface area contributed by atoms with Crippen LogP contribution in [0.15, 0.2) is 53.6 Å². The minimum Gasteiger partial charge on any atom is -0.482 e. The van der Waals surface area contributed by atoms with E-state index in [0.717, 1.165) is 5.56 Å². The predicted molar refractivity (Wildman–Crippen MR) is 115 cm³/mol. The molecule has 1 aliphatic rings. The molecule has 1 amide bonds. The number of fused-ring (bicyclic) bond motifs is 1. The Labute approximate surface area is 170 Å². The fourth-order valence-corrected chi connectivity index (χ4v) is 3.36. The molecule has 2 aromatic carbocycles. The van der Waals surface area contributed by atoms with Crippen molar-refractivity contribution in [2.75, 3.05) is 18.6 Å². The average Bonchev–Trinajstić information content (AvgIpc) is 2.65. The van der Waals surface area contributed by atoms with Crippen molar-refractivity contribution in [2.24, 2.45) is 5.10 Å². The number of para-hydroxylation sites is 1. The lowest BCUT2D eigenvalue weighted by Crippen LogP contribution is -2.42. The van der Waals surface area contributed by atoms with Crippen LogP contribution in [0.5, 0.6) is 5.75 Å². The molecule has 0 spiro atoms. The number of hydrogen-bond donors (Lipinski definition) is 1. The molecule has 1 N–H and O–H groups in total. The van der Waals surface area contributed by atoms with Crippen LogP contribution >= 0.6 is 11.6 Å². The number of likely N-dealkylation sites (N-methyl/N-ethyl adjacent to an activating group) is 1. The van der Waals surface area contributed by atoms with E-state index in [1.54, 1.807) is 30.5 Å². The van der Waals surface area contributed by atoms with Crippen molar-refractivity contribution in [1.29, 1.82) is 0 Å². The predicted octanol–water partition coefficient (Wildman–Crippen LogP) is 4.50. The van der Waals surface area contributed by atoms with Crippen LogP contribution in [-0.2, 0) is 4.79 Å². The summed E-state index contributed by atoms with van der Waals surface area (Å²) >= 11 is 6.00. The Morgan fingerprint density at radius 2 is 2.04 bits per heavy atom. The molecule has 3 rings (SSSR count). The van der Waals surface area contributed by atoms with E-state index in [0.29, 0.717) is 10.8 Å². The molecule has 6 heteroatoms. The van der Waals surface area contributed by atoms with Gasteiger partial charge in [0, 0.05) is 18.3 Å². The highest BCUT2D eigenvalue weighted by Crippen LogP contribution is 2.37. The van der Waals surface area contributed by atoms with E-state index in [9.17, 15) is 4.79 Å². The molecule has 28 heavy (non-hydrogen) atoms. The van der Waals surface area contributed by atoms with Gasteiger partial charge in [-0.05, 0) is 56.2 Å². The number of halogens is 1. The Bertz CT molecular complexity index is 951. The van der Waals surface area contributed by atoms with Crippen LogP contribution in [0.1, 0.15) is 31.9 Å². The fourth-order valence-electron chi connectivity index (χ4n) is 3.17. The second-order valence-corrected chi connectivity index (χ2v) is 7.74. The Hall–Kier alpha value is -2.79. The third-order valence-corrected chi connectivity index (χ3v) is 5.15. The molecule has 0 aromatic heterocycles. The normalized spacial score (nSPS) is 15.2. The molecule has 1 heterocycles. The number of nitrogens with zero attached hydrogens (tertiary/aromatic N) is 2. The van der Waals surface area contributed by atoms with Gasteiger partial charge in [-0.2, -0.15) is 5.10 Å². The molecule has 146 valence electrons. The number of nitrogens with one attached hydrogen (secondary N) is 1. The van der Waals surface area contributed by atoms with Crippen LogP contribution in [0, 0.1) is 0 Å². The minimum atomic E-state index is -0.355. The first-order valence-corrected chi connectivity index (χ1v) is 9.43. The Balaban J connectivity index is 1.62. The van der Waals surface area contributed by atoms with Crippen molar-refractivity contribution < 1.29 is 9.53 Å². The molecule has 5 nitrogen and oxygen atoms in total. The molecule has 0 unspecified atom stereocenters. The van der Waals surface area contributed by atoms with Crippen LogP contribution in [0.25, 0.3) is 5.57 Å². The highest BCUT2D eigenvalue weighted by molar-refractivity contribution is 6.32. The Kier molecular flexibility index (Phi) is 5.75. The van der Waals surface area contributed by atoms with Gasteiger partial charge in [0.1, 0.15) is 5.75 Å². The van der Waals surface area contributed by atoms with Gasteiger partial charge >= 0.3 is 0 Å². The van der Waals surface area contributed by atoms with Crippen LogP contribution in [0.4, 0.5) is 5.69 Å². The van der Waals surface area contributed by atoms with Crippen molar-refractivity contribution in [2.45, 2.75) is 26.3 Å². The number of ether oxygens (including phenoxy) is 1. The van der Waals surface area contributed by atoms with Gasteiger partial charge in [0.05, 0.1) is 16.8 Å². The molecule has 0 bridgehead atoms. The number of carbonyl (C=O) groups excluding carboxylic acids is 1. The van der Waals surface area contributed by atoms with E-state index in [-0.39, 0.29) is 18.1 Å². The van der Waals surface area contributed by atoms with Crippen LogP contribution in [0.2, 0.25) is 5.02 Å². The highest BCUT2D eigenvalue weighted by atomic mass is 35.5. The SMILES string of the molecule is CC1=CC(C)(C)N(C)c2ccc(/C=N\NC(=O)COc3ccccc3Cl)cc21. The molecular weight excluding hydrogens is 374 g/mol. The summed E-state index contributed by atoms with van der Waals surface area (Å²) in [5, 5.41) is 4.49. The largest absolute Gasteiger partial charge is 0.482 e. The zero-order valence-electron chi connectivity index (χ0n) is 16.5. The standard InChI is InChI=1S/C22H24ClN3O2/c1-15-12-22(2,3)26(4)19-10-9-16(11-17(15)19)13-24-25-21(27)14-28-20-8-6-5-7-18(20)23/h5-13H,14H2,1-4H3,(H,25,27)/b24-13-. The lowest BCUT2D eigenvalue weighted by Gasteiger charge is -2.40. The number of carbonyl (C=O) groups is 1. The number of rotatable bonds is 5. The zero-order valence-corrected chi connectivity index (χ0v) is 17.2. The molecule has 2 aromatic rings. The van der Waals surface area contributed by atoms with Crippen molar-refractivity contribution >= 4 is 35.0 Å². The maximum atomic E-state index is 11.9. The van der Waals surface area contributed by atoms with E-state index >= 15 is 0 Å². The van der Waals surface area contributed by atoms with E-state index in [2.05, 4.69) is 61.5 Å². The second-order valence-electron chi connectivity index (χ2n) is 7.33. The van der Waals surface area contributed by atoms with Crippen molar-refractivity contribution in [3.8, 4) is 5.75 Å². The molecule has 0 fully saturated rings. The maximum Gasteiger partial charge on any atom is 0.277 e. The van der Waals surface area contributed by atoms with Gasteiger partial charge in [0.15, 0.2) is 6.61 Å². The highest BCUT2D eigenvalue weighted by Gasteiger charge is 2.28. The summed E-state index contributed by atoms with van der Waals surface area (Å²) in [7, 11) is 2.09. The summed E-state index contributed by atoms with van der Waals surface area (Å²) in [6, 6.07) is 13.1. The van der Waals surface area contributed by atoms with Gasteiger partial charge in [-0.25, -0.2) is 5.43 Å². The zero-order chi connectivity index (χ0) is 20.3. The monoisotopic (exact) mass is 397 g/mol. The second kappa shape index (κ2) is 8.07. The van der Waals surface area contributed by atoms with Gasteiger partial charge in [0.25, 0.3) is 5.91 Å². The number of hydrogen-bond acceptors (Lipinski definition) is 4. The lowest BCUT2D eigenvalue weighted by molar-refractivity contribution is -0.123. The summed E-state index contributed by atoms with van der Waals surface area (Å²) in [5.41, 5.74) is 6.93. The topological polar surface area (TPSA) is 53.9 Å². The number of hydrazone groups is 1. The minimum absolute atomic E-state index is 0.0255. The molecule has 0 aliphatic carbocycles. The van der Waals surface area contributed by atoms with Crippen molar-refractivity contribution in [3.05, 3.63) is 64.7 Å². The molecule has 0 radical (unpaired) electrons. The summed E-state index contributed by atoms with van der Waals surface area (Å²) in [5.74, 6) is 0.110. The lowest BCUT2D eigenvalue weighted by atomic mass is 9.89. The van der Waals surface area contributed by atoms with E-state index in [4.69, 9.17) is 16.3 Å². The summed E-state index contributed by atoms with van der Waals surface area (Å²) in [6.45, 7) is 6.33. The quantitative estimate of drug-likeness (QED) is 0.597. The van der Waals surface area contributed by atoms with Gasteiger partial charge in [-0.3, -0.25) is 4.79 Å². The van der Waals surface area contributed by atoms with E-state index in [1.165, 1.54) is 16.8 Å². The molecule has 0 saturated carbocycles. The van der Waals surface area contributed by atoms with Crippen molar-refractivity contribution in [3.63, 3.8) is 0 Å². The van der Waals surface area contributed by atoms with Gasteiger partial charge in [-0.15, -0.1) is 0 Å². The number of benzene rings is 2. The average molecular weight is 398 g/mol. The molecule has 0 atom stereocenters. The van der Waals surface area contributed by atoms with Crippen LogP contribution < -0.4 is 15.1 Å². The van der Waals surface area contributed by atoms with E-state index in [1.807, 2.05) is 6.07 Å². The fraction of sp³-hybridized carbons (Fsp3) is 0.273. The molecule has 0 saturated heterocycles. The first-order valence-electron chi connectivity index (χ1n) is 9.05. The Morgan fingerprint density at radius 1 is 1.29 bits per heavy atom. The number of anilines is 1. The van der Waals surface area contributed by atoms with Crippen molar-refractivity contribution in [1.82, 2.24) is 5.43 Å². The summed E-state index contributed by atoms with van der Waals surface area (Å²) < 4.78 is 5.39. The third-order valence-electron chi connectivity index (χ3n) is 4.84. The summed E-state index contributed by atoms with van der Waals surface area (Å²) in [4.78, 5) is 14.2. The summed E-state index contributed by atoms with van der Waals surface area (Å²) in [6.07, 6.45) is 3.88. The number of allylic oxidation sites excluding steroid dienone is 1. The van der Waals surface area contributed by atoms with Gasteiger partial charge in [-0.1, -0.05) is 35.9 Å². The third kappa shape index (κ3) is 4.37. The molecular formula is C22H24ClN3O2. The number of amides is 1. The van der Waals surface area contributed by atoms with Gasteiger partial charge in [0.2, 0.25) is 0 Å². The maximum absolute atomic E-state index is 11.9. The molecule has 1 aliphatic heterocycles.